The molecule has 4 heterocycles. The lowest BCUT2D eigenvalue weighted by Crippen LogP contribution is -2.02. The van der Waals surface area contributed by atoms with Crippen molar-refractivity contribution in [3.05, 3.63) is 152 Å². The van der Waals surface area contributed by atoms with Gasteiger partial charge in [-0.25, -0.2) is 9.97 Å². The predicted molar refractivity (Wildman–Crippen MR) is 205 cm³/mol. The topological polar surface area (TPSA) is 43.9 Å². The van der Waals surface area contributed by atoms with E-state index in [9.17, 15) is 0 Å². The average Bonchev–Trinajstić information content (AvgIpc) is 3.83. The fourth-order valence-electron chi connectivity index (χ4n) is 7.56. The molecule has 0 spiro atoms. The molecular weight excluding hydrogens is 619 g/mol. The summed E-state index contributed by atoms with van der Waals surface area (Å²) in [6.45, 7) is 0. The number of fused-ring (bicyclic) bond motifs is 11. The van der Waals surface area contributed by atoms with E-state index in [1.54, 1.807) is 0 Å². The van der Waals surface area contributed by atoms with E-state index >= 15 is 0 Å². The van der Waals surface area contributed by atoms with Gasteiger partial charge in [-0.05, 0) is 58.3 Å². The molecule has 0 saturated carbocycles. The van der Waals surface area contributed by atoms with Gasteiger partial charge >= 0.3 is 0 Å². The van der Waals surface area contributed by atoms with Crippen molar-refractivity contribution in [2.45, 2.75) is 0 Å². The maximum atomic E-state index is 6.80. The highest BCUT2D eigenvalue weighted by Gasteiger charge is 2.24. The molecular formula is C44H25N3OS. The second-order valence-electron chi connectivity index (χ2n) is 12.6. The van der Waals surface area contributed by atoms with Crippen LogP contribution in [0.2, 0.25) is 0 Å². The number of furan rings is 1. The number of rotatable bonds is 3. The standard InChI is InChI=1S/C44H25N3OS/c1-2-11-26(12-3-1)28-14-10-15-29(23-28)43-45-41-40-30-16-5-4-13-27(30)21-22-37(40)48-42(41)44(46-43)47-35-19-8-6-17-31(35)33-25-39-34(24-36(33)47)32-18-7-9-20-38(32)49-39/h1-25H. The fraction of sp³-hybridized carbons (Fsp3) is 0. The van der Waals surface area contributed by atoms with Gasteiger partial charge in [0.2, 0.25) is 0 Å². The zero-order valence-electron chi connectivity index (χ0n) is 26.1. The van der Waals surface area contributed by atoms with Gasteiger partial charge in [-0.15, -0.1) is 11.3 Å². The normalized spacial score (nSPS) is 12.1. The minimum Gasteiger partial charge on any atom is -0.450 e. The molecule has 228 valence electrons. The summed E-state index contributed by atoms with van der Waals surface area (Å²) < 4.78 is 11.6. The van der Waals surface area contributed by atoms with E-state index in [0.717, 1.165) is 60.8 Å². The molecule has 0 atom stereocenters. The Morgan fingerprint density at radius 2 is 1.24 bits per heavy atom. The van der Waals surface area contributed by atoms with Crippen LogP contribution in [0.1, 0.15) is 0 Å². The van der Waals surface area contributed by atoms with Crippen LogP contribution in [0.25, 0.3) is 103 Å². The fourth-order valence-corrected chi connectivity index (χ4v) is 8.68. The van der Waals surface area contributed by atoms with Crippen molar-refractivity contribution in [3.63, 3.8) is 0 Å². The van der Waals surface area contributed by atoms with Crippen LogP contribution in [0.5, 0.6) is 0 Å². The lowest BCUT2D eigenvalue weighted by Gasteiger charge is -2.11. The molecule has 5 heteroatoms. The number of hydrogen-bond donors (Lipinski definition) is 0. The molecule has 0 bridgehead atoms. The predicted octanol–water partition coefficient (Wildman–Crippen LogP) is 12.3. The van der Waals surface area contributed by atoms with E-state index in [-0.39, 0.29) is 0 Å². The number of thiophene rings is 1. The molecule has 0 aliphatic rings. The monoisotopic (exact) mass is 643 g/mol. The van der Waals surface area contributed by atoms with Crippen molar-refractivity contribution in [2.75, 3.05) is 0 Å². The minimum absolute atomic E-state index is 0.656. The molecule has 0 unspecified atom stereocenters. The third-order valence-electron chi connectivity index (χ3n) is 9.80. The van der Waals surface area contributed by atoms with Gasteiger partial charge in [0.25, 0.3) is 0 Å². The second kappa shape index (κ2) is 10.1. The van der Waals surface area contributed by atoms with E-state index in [0.29, 0.717) is 11.4 Å². The van der Waals surface area contributed by atoms with Gasteiger partial charge in [0, 0.05) is 36.5 Å². The van der Waals surface area contributed by atoms with Crippen molar-refractivity contribution in [1.29, 1.82) is 0 Å². The number of nitrogens with zero attached hydrogens (tertiary/aromatic N) is 3. The summed E-state index contributed by atoms with van der Waals surface area (Å²) in [6, 6.07) is 53.6. The molecule has 0 aliphatic carbocycles. The SMILES string of the molecule is c1ccc(-c2cccc(-c3nc(-n4c5ccccc5c5cc6sc7ccccc7c6cc54)c4oc5ccc6ccccc6c5c4n3)c2)cc1. The van der Waals surface area contributed by atoms with Crippen LogP contribution in [-0.4, -0.2) is 14.5 Å². The summed E-state index contributed by atoms with van der Waals surface area (Å²) in [5, 5.41) is 8.14. The lowest BCUT2D eigenvalue weighted by atomic mass is 10.0. The molecule has 11 aromatic rings. The Balaban J connectivity index is 1.29. The Morgan fingerprint density at radius 1 is 0.490 bits per heavy atom. The van der Waals surface area contributed by atoms with Crippen molar-refractivity contribution in [2.24, 2.45) is 0 Å². The minimum atomic E-state index is 0.656. The summed E-state index contributed by atoms with van der Waals surface area (Å²) in [5.74, 6) is 1.39. The van der Waals surface area contributed by atoms with Gasteiger partial charge in [-0.3, -0.25) is 4.57 Å². The summed E-state index contributed by atoms with van der Waals surface area (Å²) in [7, 11) is 0. The molecule has 11 rings (SSSR count). The van der Waals surface area contributed by atoms with Gasteiger partial charge in [-0.2, -0.15) is 0 Å². The highest BCUT2D eigenvalue weighted by molar-refractivity contribution is 7.25. The number of aromatic nitrogens is 3. The van der Waals surface area contributed by atoms with Crippen LogP contribution in [0.15, 0.2) is 156 Å². The Morgan fingerprint density at radius 3 is 2.16 bits per heavy atom. The maximum Gasteiger partial charge on any atom is 0.197 e. The van der Waals surface area contributed by atoms with E-state index in [4.69, 9.17) is 14.4 Å². The number of hydrogen-bond acceptors (Lipinski definition) is 4. The first-order valence-electron chi connectivity index (χ1n) is 16.4. The summed E-state index contributed by atoms with van der Waals surface area (Å²) in [6.07, 6.45) is 0. The van der Waals surface area contributed by atoms with Crippen LogP contribution in [0.3, 0.4) is 0 Å². The van der Waals surface area contributed by atoms with Gasteiger partial charge < -0.3 is 4.42 Å². The van der Waals surface area contributed by atoms with E-state index < -0.39 is 0 Å². The highest BCUT2D eigenvalue weighted by Crippen LogP contribution is 2.43. The van der Waals surface area contributed by atoms with Crippen molar-refractivity contribution < 1.29 is 4.42 Å². The van der Waals surface area contributed by atoms with Gasteiger partial charge in [0.05, 0.1) is 16.4 Å². The summed E-state index contributed by atoms with van der Waals surface area (Å²) in [5.41, 5.74) is 7.67. The zero-order valence-corrected chi connectivity index (χ0v) is 26.9. The van der Waals surface area contributed by atoms with E-state index in [1.165, 1.54) is 30.9 Å². The Hall–Kier alpha value is -6.30. The number of para-hydroxylation sites is 1. The molecule has 0 radical (unpaired) electrons. The Bertz CT molecular complexity index is 3110. The van der Waals surface area contributed by atoms with E-state index in [1.807, 2.05) is 17.4 Å². The lowest BCUT2D eigenvalue weighted by molar-refractivity contribution is 0.662. The van der Waals surface area contributed by atoms with Crippen LogP contribution in [0.4, 0.5) is 0 Å². The number of benzene rings is 7. The van der Waals surface area contributed by atoms with Crippen molar-refractivity contribution >= 4 is 86.2 Å². The van der Waals surface area contributed by atoms with Crippen LogP contribution < -0.4 is 0 Å². The molecule has 49 heavy (non-hydrogen) atoms. The van der Waals surface area contributed by atoms with Crippen molar-refractivity contribution in [1.82, 2.24) is 14.5 Å². The molecule has 0 fully saturated rings. The van der Waals surface area contributed by atoms with Gasteiger partial charge in [-0.1, -0.05) is 115 Å². The summed E-state index contributed by atoms with van der Waals surface area (Å²) >= 11 is 1.84. The third kappa shape index (κ3) is 3.91. The first kappa shape index (κ1) is 26.7. The van der Waals surface area contributed by atoms with Gasteiger partial charge in [0.1, 0.15) is 11.1 Å². The first-order chi connectivity index (χ1) is 24.3. The van der Waals surface area contributed by atoms with Crippen LogP contribution in [-0.2, 0) is 0 Å². The molecule has 7 aromatic carbocycles. The third-order valence-corrected chi connectivity index (χ3v) is 10.9. The van der Waals surface area contributed by atoms with Crippen LogP contribution in [0, 0.1) is 0 Å². The smallest absolute Gasteiger partial charge is 0.197 e. The molecule has 4 aromatic heterocycles. The average molecular weight is 644 g/mol. The molecule has 0 aliphatic heterocycles. The zero-order chi connectivity index (χ0) is 32.1. The Kier molecular flexibility index (Phi) is 5.51. The maximum absolute atomic E-state index is 6.80. The summed E-state index contributed by atoms with van der Waals surface area (Å²) in [4.78, 5) is 10.7. The molecule has 0 amide bonds. The van der Waals surface area contributed by atoms with Crippen molar-refractivity contribution in [3.8, 4) is 28.3 Å². The molecule has 4 nitrogen and oxygen atoms in total. The molecule has 0 saturated heterocycles. The first-order valence-corrected chi connectivity index (χ1v) is 17.2. The second-order valence-corrected chi connectivity index (χ2v) is 13.7. The van der Waals surface area contributed by atoms with Gasteiger partial charge in [0.15, 0.2) is 17.2 Å². The largest absolute Gasteiger partial charge is 0.450 e. The van der Waals surface area contributed by atoms with Crippen LogP contribution >= 0.6 is 11.3 Å². The quantitative estimate of drug-likeness (QED) is 0.192. The molecule has 0 N–H and O–H groups in total. The highest BCUT2D eigenvalue weighted by atomic mass is 32.1. The Labute approximate surface area is 284 Å². The van der Waals surface area contributed by atoms with E-state index in [2.05, 4.69) is 150 Å².